The van der Waals surface area contributed by atoms with Gasteiger partial charge < -0.3 is 19.7 Å². The van der Waals surface area contributed by atoms with Crippen LogP contribution in [0.4, 0.5) is 5.95 Å². The quantitative estimate of drug-likeness (QED) is 0.367. The van der Waals surface area contributed by atoms with Crippen LogP contribution in [0.3, 0.4) is 0 Å². The zero-order chi connectivity index (χ0) is 25.2. The minimum Gasteiger partial charge on any atom is -0.506 e. The van der Waals surface area contributed by atoms with E-state index >= 15 is 0 Å². The summed E-state index contributed by atoms with van der Waals surface area (Å²) in [6, 6.07) is 4.48. The van der Waals surface area contributed by atoms with E-state index in [0.717, 1.165) is 11.3 Å². The zero-order valence-corrected chi connectivity index (χ0v) is 20.5. The van der Waals surface area contributed by atoms with Crippen molar-refractivity contribution in [3.63, 3.8) is 0 Å². The Morgan fingerprint density at radius 2 is 2.09 bits per heavy atom. The topological polar surface area (TPSA) is 161 Å². The Morgan fingerprint density at radius 3 is 2.77 bits per heavy atom. The Morgan fingerprint density at radius 1 is 1.29 bits per heavy atom. The highest BCUT2D eigenvalue weighted by atomic mass is 35.5. The minimum atomic E-state index is -4.20. The van der Waals surface area contributed by atoms with Crippen LogP contribution < -0.4 is 9.46 Å². The summed E-state index contributed by atoms with van der Waals surface area (Å²) in [7, 11) is -1.41. The maximum atomic E-state index is 12.9. The Hall–Kier alpha value is -3.64. The predicted molar refractivity (Wildman–Crippen MR) is 129 cm³/mol. The number of methoxy groups -OCH3 is 2. The van der Waals surface area contributed by atoms with Gasteiger partial charge in [-0.2, -0.15) is 0 Å². The standard InChI is InChI=1S/C20H17ClN6O6S2/c1-32-14-7-4-6-12(28)17(14)27-18(11-5-3-8-16(23-11)33-2)24-25-20(27)26-35(30,31)10-13(29)19-22-9-15(21)34-19/h4,6-9,13,28-29H,10H2,1-2H3,(H,25,26)/t13-/m1/s1. The van der Waals surface area contributed by atoms with Crippen LogP contribution in [0.2, 0.25) is 4.34 Å². The summed E-state index contributed by atoms with van der Waals surface area (Å²) in [5.74, 6) is -0.906. The van der Waals surface area contributed by atoms with Crippen molar-refractivity contribution >= 4 is 50.5 Å². The summed E-state index contributed by atoms with van der Waals surface area (Å²) in [4.78, 5) is 8.14. The number of aliphatic imine (C=N–C) groups is 1. The number of thiazole rings is 1. The molecule has 0 unspecified atom stereocenters. The Labute approximate surface area is 208 Å². The number of phenols is 1. The number of anilines is 1. The maximum Gasteiger partial charge on any atom is 0.243 e. The lowest BCUT2D eigenvalue weighted by molar-refractivity contribution is 0.201. The van der Waals surface area contributed by atoms with Crippen LogP contribution >= 0.6 is 22.9 Å². The fourth-order valence-electron chi connectivity index (χ4n) is 3.04. The van der Waals surface area contributed by atoms with Crippen LogP contribution in [0.1, 0.15) is 16.9 Å². The van der Waals surface area contributed by atoms with Gasteiger partial charge in [-0.15, -0.1) is 21.5 Å². The minimum absolute atomic E-state index is 0.00454. The Balaban J connectivity index is 1.80. The molecule has 0 saturated carbocycles. The van der Waals surface area contributed by atoms with Crippen molar-refractivity contribution in [1.29, 1.82) is 0 Å². The SMILES string of the molecule is COC1=NC(c2nnc(NS(=O)(=O)C[C@@H](O)c3ncc(Cl)s3)n2-c2c(O)cccc2OC)=C=C=C1. The first kappa shape index (κ1) is 24.5. The summed E-state index contributed by atoms with van der Waals surface area (Å²) in [5.41, 5.74) is 5.63. The van der Waals surface area contributed by atoms with Crippen molar-refractivity contribution < 1.29 is 28.1 Å². The maximum absolute atomic E-state index is 12.9. The molecular weight excluding hydrogens is 520 g/mol. The van der Waals surface area contributed by atoms with Crippen molar-refractivity contribution in [2.75, 3.05) is 24.7 Å². The number of benzene rings is 1. The summed E-state index contributed by atoms with van der Waals surface area (Å²) in [6.07, 6.45) is 1.32. The van der Waals surface area contributed by atoms with Gasteiger partial charge in [0.05, 0.1) is 26.5 Å². The van der Waals surface area contributed by atoms with E-state index in [1.807, 2.05) is 0 Å². The summed E-state index contributed by atoms with van der Waals surface area (Å²) in [6.45, 7) is 0. The number of aliphatic hydroxyl groups excluding tert-OH is 1. The van der Waals surface area contributed by atoms with E-state index in [9.17, 15) is 18.6 Å². The second-order valence-electron chi connectivity index (χ2n) is 6.83. The molecule has 2 aromatic heterocycles. The smallest absolute Gasteiger partial charge is 0.243 e. The second-order valence-corrected chi connectivity index (χ2v) is 10.3. The third-order valence-electron chi connectivity index (χ3n) is 4.52. The van der Waals surface area contributed by atoms with Crippen molar-refractivity contribution in [1.82, 2.24) is 19.7 Å². The van der Waals surface area contributed by atoms with Gasteiger partial charge in [0.25, 0.3) is 0 Å². The third kappa shape index (κ3) is 5.23. The van der Waals surface area contributed by atoms with E-state index in [1.165, 1.54) is 37.1 Å². The Bertz CT molecular complexity index is 1520. The number of ether oxygens (including phenoxy) is 2. The highest BCUT2D eigenvalue weighted by Gasteiger charge is 2.28. The second kappa shape index (κ2) is 9.92. The number of aliphatic hydroxyl groups is 1. The molecule has 15 heteroatoms. The molecule has 3 heterocycles. The molecule has 4 rings (SSSR count). The molecule has 0 spiro atoms. The van der Waals surface area contributed by atoms with E-state index in [4.69, 9.17) is 21.1 Å². The summed E-state index contributed by atoms with van der Waals surface area (Å²) < 4.78 is 40.1. The molecule has 0 saturated heterocycles. The number of phenolic OH excluding ortho intramolecular Hbond substituents is 1. The van der Waals surface area contributed by atoms with Gasteiger partial charge in [0.1, 0.15) is 38.4 Å². The number of hydrogen-bond acceptors (Lipinski definition) is 11. The van der Waals surface area contributed by atoms with Gasteiger partial charge in [0, 0.05) is 0 Å². The number of para-hydroxylation sites is 1. The van der Waals surface area contributed by atoms with Gasteiger partial charge in [0.15, 0.2) is 11.5 Å². The molecule has 1 atom stereocenters. The first-order valence-electron chi connectivity index (χ1n) is 9.68. The number of aromatic hydroxyl groups is 1. The lowest BCUT2D eigenvalue weighted by Gasteiger charge is -2.16. The van der Waals surface area contributed by atoms with Gasteiger partial charge in [-0.25, -0.2) is 18.4 Å². The largest absolute Gasteiger partial charge is 0.506 e. The summed E-state index contributed by atoms with van der Waals surface area (Å²) >= 11 is 6.78. The van der Waals surface area contributed by atoms with E-state index in [-0.39, 0.29) is 45.6 Å². The van der Waals surface area contributed by atoms with Gasteiger partial charge in [-0.05, 0) is 17.9 Å². The fraction of sp³-hybridized carbons (Fsp3) is 0.200. The molecule has 3 N–H and O–H groups in total. The fourth-order valence-corrected chi connectivity index (χ4v) is 5.13. The monoisotopic (exact) mass is 536 g/mol. The normalized spacial score (nSPS) is 13.8. The van der Waals surface area contributed by atoms with Gasteiger partial charge in [-0.1, -0.05) is 23.4 Å². The first-order chi connectivity index (χ1) is 16.7. The first-order valence-corrected chi connectivity index (χ1v) is 12.5. The predicted octanol–water partition coefficient (Wildman–Crippen LogP) is 2.28. The molecule has 0 amide bonds. The number of aromatic nitrogens is 4. The molecule has 12 nitrogen and oxygen atoms in total. The van der Waals surface area contributed by atoms with Crippen LogP contribution in [-0.4, -0.2) is 64.2 Å². The molecule has 0 radical (unpaired) electrons. The molecule has 1 aliphatic rings. The molecule has 35 heavy (non-hydrogen) atoms. The number of hydrogen-bond donors (Lipinski definition) is 3. The highest BCUT2D eigenvalue weighted by Crippen LogP contribution is 2.36. The molecule has 1 aromatic carbocycles. The van der Waals surface area contributed by atoms with Crippen LogP contribution in [-0.2, 0) is 14.8 Å². The average Bonchev–Trinajstić information content (AvgIpc) is 3.44. The van der Waals surface area contributed by atoms with Gasteiger partial charge >= 0.3 is 0 Å². The molecule has 1 aliphatic heterocycles. The van der Waals surface area contributed by atoms with Crippen LogP contribution in [0, 0.1) is 0 Å². The van der Waals surface area contributed by atoms with Gasteiger partial charge in [0.2, 0.25) is 21.9 Å². The number of nitrogens with one attached hydrogen (secondary N) is 1. The van der Waals surface area contributed by atoms with Crippen molar-refractivity contribution in [2.24, 2.45) is 4.99 Å². The molecule has 3 aromatic rings. The third-order valence-corrected chi connectivity index (χ3v) is 6.98. The highest BCUT2D eigenvalue weighted by molar-refractivity contribution is 7.92. The lowest BCUT2D eigenvalue weighted by atomic mass is 10.2. The van der Waals surface area contributed by atoms with Crippen LogP contribution in [0.15, 0.2) is 46.9 Å². The van der Waals surface area contributed by atoms with Crippen molar-refractivity contribution in [3.8, 4) is 17.2 Å². The number of nitrogens with zero attached hydrogens (tertiary/aromatic N) is 5. The van der Waals surface area contributed by atoms with E-state index < -0.39 is 21.9 Å². The molecule has 0 fully saturated rings. The van der Waals surface area contributed by atoms with Crippen molar-refractivity contribution in [2.45, 2.75) is 6.10 Å². The molecule has 0 aliphatic carbocycles. The van der Waals surface area contributed by atoms with Gasteiger partial charge in [-0.3, -0.25) is 9.29 Å². The molecule has 182 valence electrons. The van der Waals surface area contributed by atoms with E-state index in [0.29, 0.717) is 4.34 Å². The zero-order valence-electron chi connectivity index (χ0n) is 18.1. The number of halogens is 1. The van der Waals surface area contributed by atoms with Crippen molar-refractivity contribution in [3.05, 3.63) is 57.1 Å². The molecular formula is C20H17ClN6O6S2. The van der Waals surface area contributed by atoms with E-state index in [2.05, 4.69) is 36.4 Å². The Kier molecular flexibility index (Phi) is 6.94. The molecule has 0 bridgehead atoms. The number of sulfonamides is 1. The number of rotatable bonds is 8. The van der Waals surface area contributed by atoms with E-state index in [1.54, 1.807) is 12.1 Å². The van der Waals surface area contributed by atoms with Crippen LogP contribution in [0.5, 0.6) is 11.5 Å². The average molecular weight is 537 g/mol. The lowest BCUT2D eigenvalue weighted by Crippen LogP contribution is -2.23. The summed E-state index contributed by atoms with van der Waals surface area (Å²) in [5, 5.41) is 29.1. The van der Waals surface area contributed by atoms with Crippen LogP contribution in [0.25, 0.3) is 11.4 Å².